The second-order valence-corrected chi connectivity index (χ2v) is 6.54. The number of fused-ring (bicyclic) bond motifs is 1. The summed E-state index contributed by atoms with van der Waals surface area (Å²) in [5.41, 5.74) is 1.01. The number of para-hydroxylation sites is 1. The van der Waals surface area contributed by atoms with Crippen LogP contribution in [0.15, 0.2) is 24.3 Å². The van der Waals surface area contributed by atoms with Crippen LogP contribution in [-0.4, -0.2) is 55.2 Å². The van der Waals surface area contributed by atoms with Crippen LogP contribution in [0.3, 0.4) is 0 Å². The molecule has 2 heterocycles. The van der Waals surface area contributed by atoms with E-state index in [2.05, 4.69) is 10.2 Å². The summed E-state index contributed by atoms with van der Waals surface area (Å²) < 4.78 is 5.39. The second-order valence-electron chi connectivity index (χ2n) is 6.54. The van der Waals surface area contributed by atoms with E-state index in [0.29, 0.717) is 6.04 Å². The molecule has 0 bridgehead atoms. The number of carbonyl (C=O) groups excluding carboxylic acids is 1. The number of piperidine rings is 1. The Morgan fingerprint density at radius 2 is 2.09 bits per heavy atom. The van der Waals surface area contributed by atoms with Gasteiger partial charge >= 0.3 is 6.03 Å². The van der Waals surface area contributed by atoms with Gasteiger partial charge in [0.25, 0.3) is 0 Å². The summed E-state index contributed by atoms with van der Waals surface area (Å²) in [6.45, 7) is 5.87. The minimum Gasteiger partial charge on any atom is -0.496 e. The molecule has 2 amide bonds. The normalized spacial score (nSPS) is 23.0. The molecule has 1 aromatic rings. The lowest BCUT2D eigenvalue weighted by Crippen LogP contribution is -2.58. The molecule has 5 nitrogen and oxygen atoms in total. The van der Waals surface area contributed by atoms with Crippen LogP contribution in [0.1, 0.15) is 37.8 Å². The molecule has 2 atom stereocenters. The van der Waals surface area contributed by atoms with Gasteiger partial charge in [-0.1, -0.05) is 24.6 Å². The first-order valence-electron chi connectivity index (χ1n) is 8.61. The van der Waals surface area contributed by atoms with Crippen LogP contribution >= 0.6 is 0 Å². The second kappa shape index (κ2) is 7.21. The minimum atomic E-state index is -0.0666. The summed E-state index contributed by atoms with van der Waals surface area (Å²) in [4.78, 5) is 17.1. The number of nitrogens with zero attached hydrogens (tertiary/aromatic N) is 2. The van der Waals surface area contributed by atoms with Gasteiger partial charge in [-0.2, -0.15) is 0 Å². The average Bonchev–Trinajstić information content (AvgIpc) is 2.61. The van der Waals surface area contributed by atoms with Gasteiger partial charge in [-0.3, -0.25) is 4.90 Å². The Labute approximate surface area is 138 Å². The quantitative estimate of drug-likeness (QED) is 0.932. The maximum atomic E-state index is 12.6. The van der Waals surface area contributed by atoms with E-state index in [4.69, 9.17) is 4.74 Å². The Bertz CT molecular complexity index is 549. The molecule has 2 aliphatic rings. The zero-order chi connectivity index (χ0) is 16.2. The Morgan fingerprint density at radius 1 is 1.26 bits per heavy atom. The van der Waals surface area contributed by atoms with E-state index in [-0.39, 0.29) is 12.1 Å². The van der Waals surface area contributed by atoms with Crippen molar-refractivity contribution in [2.24, 2.45) is 0 Å². The summed E-state index contributed by atoms with van der Waals surface area (Å²) in [6.07, 6.45) is 3.80. The lowest BCUT2D eigenvalue weighted by Gasteiger charge is -2.44. The molecule has 0 aliphatic carbocycles. The number of benzene rings is 1. The van der Waals surface area contributed by atoms with Gasteiger partial charge < -0.3 is 15.0 Å². The molecule has 3 rings (SSSR count). The average molecular weight is 317 g/mol. The third kappa shape index (κ3) is 3.61. The highest BCUT2D eigenvalue weighted by atomic mass is 16.5. The van der Waals surface area contributed by atoms with Crippen molar-refractivity contribution in [2.75, 3.05) is 33.3 Å². The van der Waals surface area contributed by atoms with E-state index in [9.17, 15) is 4.79 Å². The number of amides is 2. The van der Waals surface area contributed by atoms with Gasteiger partial charge in [-0.05, 0) is 32.4 Å². The summed E-state index contributed by atoms with van der Waals surface area (Å²) in [5.74, 6) is 0.817. The van der Waals surface area contributed by atoms with Gasteiger partial charge in [0.15, 0.2) is 0 Å². The largest absolute Gasteiger partial charge is 0.496 e. The van der Waals surface area contributed by atoms with Gasteiger partial charge in [-0.15, -0.1) is 0 Å². The van der Waals surface area contributed by atoms with Gasteiger partial charge in [0.2, 0.25) is 0 Å². The van der Waals surface area contributed by atoms with E-state index in [1.54, 1.807) is 7.11 Å². The SMILES string of the molecule is COc1ccccc1[C@H](C)NC(=O)N1CCN2CCCC[C@@H]2C1. The Balaban J connectivity index is 1.60. The third-order valence-electron chi connectivity index (χ3n) is 5.07. The molecule has 2 fully saturated rings. The van der Waals surface area contributed by atoms with Crippen molar-refractivity contribution in [1.29, 1.82) is 0 Å². The predicted octanol–water partition coefficient (Wildman–Crippen LogP) is 2.64. The number of hydrogen-bond acceptors (Lipinski definition) is 3. The lowest BCUT2D eigenvalue weighted by atomic mass is 10.00. The lowest BCUT2D eigenvalue weighted by molar-refractivity contribution is 0.0637. The molecular weight excluding hydrogens is 290 g/mol. The van der Waals surface area contributed by atoms with E-state index in [1.165, 1.54) is 25.8 Å². The predicted molar refractivity (Wildman–Crippen MR) is 90.7 cm³/mol. The zero-order valence-electron chi connectivity index (χ0n) is 14.1. The van der Waals surface area contributed by atoms with Crippen molar-refractivity contribution in [3.05, 3.63) is 29.8 Å². The minimum absolute atomic E-state index is 0.0358. The third-order valence-corrected chi connectivity index (χ3v) is 5.07. The Morgan fingerprint density at radius 3 is 2.91 bits per heavy atom. The summed E-state index contributed by atoms with van der Waals surface area (Å²) in [5, 5.41) is 3.12. The van der Waals surface area contributed by atoms with Crippen molar-refractivity contribution >= 4 is 6.03 Å². The fraction of sp³-hybridized carbons (Fsp3) is 0.611. The number of piperazine rings is 1. The molecule has 0 unspecified atom stereocenters. The highest BCUT2D eigenvalue weighted by Crippen LogP contribution is 2.25. The molecular formula is C18H27N3O2. The first-order chi connectivity index (χ1) is 11.2. The summed E-state index contributed by atoms with van der Waals surface area (Å²) >= 11 is 0. The summed E-state index contributed by atoms with van der Waals surface area (Å²) in [7, 11) is 1.66. The monoisotopic (exact) mass is 317 g/mol. The summed E-state index contributed by atoms with van der Waals surface area (Å²) in [6, 6.07) is 8.36. The highest BCUT2D eigenvalue weighted by molar-refractivity contribution is 5.75. The molecule has 5 heteroatoms. The standard InChI is InChI=1S/C18H27N3O2/c1-14(16-8-3-4-9-17(16)23-2)19-18(22)21-12-11-20-10-6-5-7-15(20)13-21/h3-4,8-9,14-15H,5-7,10-13H2,1-2H3,(H,19,22)/t14-,15+/m0/s1. The van der Waals surface area contributed by atoms with Crippen molar-refractivity contribution in [2.45, 2.75) is 38.3 Å². The van der Waals surface area contributed by atoms with Gasteiger partial charge in [0, 0.05) is 31.2 Å². The maximum Gasteiger partial charge on any atom is 0.317 e. The number of ether oxygens (including phenoxy) is 1. The van der Waals surface area contributed by atoms with Crippen LogP contribution in [0, 0.1) is 0 Å². The van der Waals surface area contributed by atoms with Crippen LogP contribution in [0.5, 0.6) is 5.75 Å². The van der Waals surface area contributed by atoms with Gasteiger partial charge in [-0.25, -0.2) is 4.79 Å². The van der Waals surface area contributed by atoms with Crippen LogP contribution < -0.4 is 10.1 Å². The van der Waals surface area contributed by atoms with Crippen molar-refractivity contribution < 1.29 is 9.53 Å². The molecule has 0 radical (unpaired) electrons. The number of urea groups is 1. The molecule has 2 saturated heterocycles. The molecule has 1 aromatic carbocycles. The van der Waals surface area contributed by atoms with E-state index in [0.717, 1.165) is 30.9 Å². The number of carbonyl (C=O) groups is 1. The first-order valence-corrected chi connectivity index (χ1v) is 8.61. The van der Waals surface area contributed by atoms with E-state index < -0.39 is 0 Å². The van der Waals surface area contributed by atoms with Crippen molar-refractivity contribution in [3.63, 3.8) is 0 Å². The van der Waals surface area contributed by atoms with Crippen molar-refractivity contribution in [1.82, 2.24) is 15.1 Å². The van der Waals surface area contributed by atoms with Crippen LogP contribution in [-0.2, 0) is 0 Å². The maximum absolute atomic E-state index is 12.6. The van der Waals surface area contributed by atoms with Crippen LogP contribution in [0.2, 0.25) is 0 Å². The molecule has 0 aromatic heterocycles. The topological polar surface area (TPSA) is 44.8 Å². The molecule has 0 spiro atoms. The molecule has 2 aliphatic heterocycles. The van der Waals surface area contributed by atoms with Crippen molar-refractivity contribution in [3.8, 4) is 5.75 Å². The number of nitrogens with one attached hydrogen (secondary N) is 1. The molecule has 126 valence electrons. The number of methoxy groups -OCH3 is 1. The Hall–Kier alpha value is -1.75. The fourth-order valence-electron chi connectivity index (χ4n) is 3.72. The highest BCUT2D eigenvalue weighted by Gasteiger charge is 2.31. The van der Waals surface area contributed by atoms with E-state index >= 15 is 0 Å². The van der Waals surface area contributed by atoms with Gasteiger partial charge in [0.05, 0.1) is 13.2 Å². The number of rotatable bonds is 3. The molecule has 23 heavy (non-hydrogen) atoms. The zero-order valence-corrected chi connectivity index (χ0v) is 14.1. The fourth-order valence-corrected chi connectivity index (χ4v) is 3.72. The smallest absolute Gasteiger partial charge is 0.317 e. The van der Waals surface area contributed by atoms with Crippen LogP contribution in [0.4, 0.5) is 4.79 Å². The van der Waals surface area contributed by atoms with Crippen LogP contribution in [0.25, 0.3) is 0 Å². The van der Waals surface area contributed by atoms with Gasteiger partial charge in [0.1, 0.15) is 5.75 Å². The first kappa shape index (κ1) is 16.1. The molecule has 1 N–H and O–H groups in total. The van der Waals surface area contributed by atoms with E-state index in [1.807, 2.05) is 36.1 Å². The Kier molecular flexibility index (Phi) is 5.06. The molecule has 0 saturated carbocycles. The number of hydrogen-bond donors (Lipinski definition) is 1.